The molecule has 1 rings (SSSR count). The summed E-state index contributed by atoms with van der Waals surface area (Å²) in [6, 6.07) is 7.50. The molecular formula is C14H20ClNO3. The molecule has 0 saturated heterocycles. The van der Waals surface area contributed by atoms with Crippen LogP contribution in [0.3, 0.4) is 0 Å². The number of rotatable bonds is 8. The van der Waals surface area contributed by atoms with E-state index in [1.807, 2.05) is 24.3 Å². The largest absolute Gasteiger partial charge is 0.391 e. The van der Waals surface area contributed by atoms with E-state index in [1.54, 1.807) is 0 Å². The van der Waals surface area contributed by atoms with Gasteiger partial charge in [0.1, 0.15) is 0 Å². The van der Waals surface area contributed by atoms with E-state index in [2.05, 4.69) is 5.32 Å². The van der Waals surface area contributed by atoms with Crippen LogP contribution in [0.5, 0.6) is 0 Å². The average Bonchev–Trinajstić information content (AvgIpc) is 2.38. The Balaban J connectivity index is 2.20. The smallest absolute Gasteiger partial charge is 0.220 e. The minimum Gasteiger partial charge on any atom is -0.391 e. The fourth-order valence-electron chi connectivity index (χ4n) is 1.69. The van der Waals surface area contributed by atoms with E-state index in [4.69, 9.17) is 16.3 Å². The monoisotopic (exact) mass is 285 g/mol. The molecule has 1 atom stereocenters. The van der Waals surface area contributed by atoms with Gasteiger partial charge in [0.05, 0.1) is 12.7 Å². The Labute approximate surface area is 118 Å². The van der Waals surface area contributed by atoms with Gasteiger partial charge in [-0.3, -0.25) is 4.79 Å². The van der Waals surface area contributed by atoms with Gasteiger partial charge in [-0.25, -0.2) is 0 Å². The van der Waals surface area contributed by atoms with E-state index in [0.29, 0.717) is 30.8 Å². The second-order valence-corrected chi connectivity index (χ2v) is 4.75. The lowest BCUT2D eigenvalue weighted by molar-refractivity contribution is -0.121. The van der Waals surface area contributed by atoms with Crippen LogP contribution in [0.1, 0.15) is 18.4 Å². The molecule has 106 valence electrons. The van der Waals surface area contributed by atoms with Crippen LogP contribution in [-0.4, -0.2) is 37.4 Å². The molecule has 1 unspecified atom stereocenters. The molecule has 4 nitrogen and oxygen atoms in total. The highest BCUT2D eigenvalue weighted by molar-refractivity contribution is 6.31. The van der Waals surface area contributed by atoms with Crippen LogP contribution in [0.2, 0.25) is 5.02 Å². The molecule has 0 radical (unpaired) electrons. The zero-order valence-corrected chi connectivity index (χ0v) is 11.8. The highest BCUT2D eigenvalue weighted by Gasteiger charge is 2.06. The van der Waals surface area contributed by atoms with Crippen LogP contribution in [0.15, 0.2) is 24.3 Å². The zero-order valence-electron chi connectivity index (χ0n) is 11.1. The normalized spacial score (nSPS) is 12.2. The number of hydrogen-bond donors (Lipinski definition) is 2. The minimum atomic E-state index is -0.533. The lowest BCUT2D eigenvalue weighted by Crippen LogP contribution is -2.28. The summed E-state index contributed by atoms with van der Waals surface area (Å²) in [5.74, 6) is -0.0375. The first-order valence-corrected chi connectivity index (χ1v) is 6.68. The third kappa shape index (κ3) is 6.57. The van der Waals surface area contributed by atoms with E-state index in [1.165, 1.54) is 7.11 Å². The molecule has 0 heterocycles. The third-order valence-corrected chi connectivity index (χ3v) is 3.11. The molecule has 1 amide bonds. The number of aliphatic hydroxyl groups is 1. The number of ether oxygens (including phenoxy) is 1. The van der Waals surface area contributed by atoms with E-state index < -0.39 is 6.10 Å². The van der Waals surface area contributed by atoms with Crippen molar-refractivity contribution < 1.29 is 14.6 Å². The number of carbonyl (C=O) groups is 1. The maximum absolute atomic E-state index is 11.6. The standard InChI is InChI=1S/C14H20ClNO3/c1-19-10-12(17)8-9-16-14(18)7-6-11-4-2-3-5-13(11)15/h2-5,12,17H,6-10H2,1H3,(H,16,18). The molecule has 19 heavy (non-hydrogen) atoms. The van der Waals surface area contributed by atoms with Gasteiger partial charge < -0.3 is 15.2 Å². The predicted molar refractivity (Wildman–Crippen MR) is 75.3 cm³/mol. The first kappa shape index (κ1) is 16.0. The van der Waals surface area contributed by atoms with Crippen molar-refractivity contribution in [1.82, 2.24) is 5.32 Å². The first-order valence-electron chi connectivity index (χ1n) is 6.30. The molecular weight excluding hydrogens is 266 g/mol. The first-order chi connectivity index (χ1) is 9.13. The van der Waals surface area contributed by atoms with Crippen LogP contribution >= 0.6 is 11.6 Å². The second kappa shape index (κ2) is 8.91. The van der Waals surface area contributed by atoms with Crippen molar-refractivity contribution >= 4 is 17.5 Å². The fraction of sp³-hybridized carbons (Fsp3) is 0.500. The summed E-state index contributed by atoms with van der Waals surface area (Å²) in [6.07, 6.45) is 0.968. The summed E-state index contributed by atoms with van der Waals surface area (Å²) in [6.45, 7) is 0.737. The van der Waals surface area contributed by atoms with Gasteiger partial charge in [0.15, 0.2) is 0 Å². The minimum absolute atomic E-state index is 0.0375. The molecule has 0 aromatic heterocycles. The topological polar surface area (TPSA) is 58.6 Å². The molecule has 0 aliphatic carbocycles. The van der Waals surface area contributed by atoms with Crippen molar-refractivity contribution in [1.29, 1.82) is 0 Å². The molecule has 0 fully saturated rings. The van der Waals surface area contributed by atoms with E-state index in [0.717, 1.165) is 5.56 Å². The van der Waals surface area contributed by atoms with Gasteiger partial charge in [0.25, 0.3) is 0 Å². The molecule has 0 saturated carbocycles. The van der Waals surface area contributed by atoms with Crippen molar-refractivity contribution in [2.24, 2.45) is 0 Å². The summed E-state index contributed by atoms with van der Waals surface area (Å²) in [5, 5.41) is 12.9. The second-order valence-electron chi connectivity index (χ2n) is 4.34. The van der Waals surface area contributed by atoms with Gasteiger partial charge in [0, 0.05) is 25.1 Å². The molecule has 0 aliphatic rings. The number of aliphatic hydroxyl groups excluding tert-OH is 1. The lowest BCUT2D eigenvalue weighted by atomic mass is 10.1. The molecule has 0 spiro atoms. The third-order valence-electron chi connectivity index (χ3n) is 2.74. The molecule has 0 bridgehead atoms. The Kier molecular flexibility index (Phi) is 7.48. The number of aryl methyl sites for hydroxylation is 1. The van der Waals surface area contributed by atoms with Crippen LogP contribution in [0.4, 0.5) is 0 Å². The highest BCUT2D eigenvalue weighted by atomic mass is 35.5. The summed E-state index contributed by atoms with van der Waals surface area (Å²) >= 11 is 6.01. The molecule has 2 N–H and O–H groups in total. The summed E-state index contributed by atoms with van der Waals surface area (Å²) in [4.78, 5) is 11.6. The van der Waals surface area contributed by atoms with Gasteiger partial charge in [-0.15, -0.1) is 0 Å². The quantitative estimate of drug-likeness (QED) is 0.765. The lowest BCUT2D eigenvalue weighted by Gasteiger charge is -2.10. The fourth-order valence-corrected chi connectivity index (χ4v) is 1.92. The Morgan fingerprint density at radius 2 is 2.21 bits per heavy atom. The zero-order chi connectivity index (χ0) is 14.1. The van der Waals surface area contributed by atoms with Crippen LogP contribution in [0.25, 0.3) is 0 Å². The summed E-state index contributed by atoms with van der Waals surface area (Å²) in [7, 11) is 1.53. The maximum atomic E-state index is 11.6. The molecule has 1 aromatic rings. The Bertz CT molecular complexity index is 398. The van der Waals surface area contributed by atoms with Crippen molar-refractivity contribution in [3.8, 4) is 0 Å². The highest BCUT2D eigenvalue weighted by Crippen LogP contribution is 2.16. The van der Waals surface area contributed by atoms with Crippen LogP contribution in [-0.2, 0) is 16.0 Å². The molecule has 0 aliphatic heterocycles. The number of amides is 1. The van der Waals surface area contributed by atoms with Crippen LogP contribution < -0.4 is 5.32 Å². The Morgan fingerprint density at radius 3 is 2.89 bits per heavy atom. The van der Waals surface area contributed by atoms with E-state index in [9.17, 15) is 9.90 Å². The maximum Gasteiger partial charge on any atom is 0.220 e. The number of methoxy groups -OCH3 is 1. The van der Waals surface area contributed by atoms with Gasteiger partial charge in [-0.1, -0.05) is 29.8 Å². The number of nitrogens with one attached hydrogen (secondary N) is 1. The van der Waals surface area contributed by atoms with Gasteiger partial charge in [-0.05, 0) is 24.5 Å². The van der Waals surface area contributed by atoms with Crippen molar-refractivity contribution in [3.05, 3.63) is 34.9 Å². The Hall–Kier alpha value is -1.10. The molecule has 5 heteroatoms. The predicted octanol–water partition coefficient (Wildman–Crippen LogP) is 1.79. The number of hydrogen-bond acceptors (Lipinski definition) is 3. The van der Waals surface area contributed by atoms with E-state index in [-0.39, 0.29) is 12.5 Å². The van der Waals surface area contributed by atoms with Crippen molar-refractivity contribution in [3.63, 3.8) is 0 Å². The van der Waals surface area contributed by atoms with E-state index >= 15 is 0 Å². The van der Waals surface area contributed by atoms with Gasteiger partial charge in [-0.2, -0.15) is 0 Å². The van der Waals surface area contributed by atoms with Crippen molar-refractivity contribution in [2.45, 2.75) is 25.4 Å². The SMILES string of the molecule is COCC(O)CCNC(=O)CCc1ccccc1Cl. The Morgan fingerprint density at radius 1 is 1.47 bits per heavy atom. The summed E-state index contributed by atoms with van der Waals surface area (Å²) < 4.78 is 4.80. The van der Waals surface area contributed by atoms with Crippen molar-refractivity contribution in [2.75, 3.05) is 20.3 Å². The van der Waals surface area contributed by atoms with Gasteiger partial charge in [0.2, 0.25) is 5.91 Å². The molecule has 1 aromatic carbocycles. The summed E-state index contributed by atoms with van der Waals surface area (Å²) in [5.41, 5.74) is 0.971. The number of carbonyl (C=O) groups excluding carboxylic acids is 1. The number of benzene rings is 1. The average molecular weight is 286 g/mol. The van der Waals surface area contributed by atoms with Gasteiger partial charge >= 0.3 is 0 Å². The number of halogens is 1. The van der Waals surface area contributed by atoms with Crippen LogP contribution in [0, 0.1) is 0 Å².